The lowest BCUT2D eigenvalue weighted by Crippen LogP contribution is -2.37. The first kappa shape index (κ1) is 27.5. The third-order valence-electron chi connectivity index (χ3n) is 4.72. The van der Waals surface area contributed by atoms with Crippen LogP contribution in [0.15, 0.2) is 30.3 Å². The normalized spacial score (nSPS) is 11.4. The Kier molecular flexibility index (Phi) is 15.6. The molecule has 0 aliphatic heterocycles. The summed E-state index contributed by atoms with van der Waals surface area (Å²) in [4.78, 5) is 11.7. The maximum atomic E-state index is 11.7. The first-order valence-corrected chi connectivity index (χ1v) is 13.5. The van der Waals surface area contributed by atoms with Crippen LogP contribution in [0, 0.1) is 0 Å². The maximum Gasteiger partial charge on any atom is 0.305 e. The lowest BCUT2D eigenvalue weighted by Gasteiger charge is -2.23. The van der Waals surface area contributed by atoms with E-state index in [1.54, 1.807) is 11.8 Å². The standard InChI is InChI=1S/C24H40NO2S3/c1-25(2,3)18-19-27-23(26)17-13-8-6-4-5-7-9-14-20-29-24(28)30-21-22-15-11-10-12-16-22/h10-12,15-16H,4-9,13-14,17-21H2,1-3H3/q+1. The zero-order chi connectivity index (χ0) is 22.1. The van der Waals surface area contributed by atoms with Gasteiger partial charge in [-0.1, -0.05) is 81.1 Å². The number of benzene rings is 1. The number of quaternary nitrogens is 1. The first-order chi connectivity index (χ1) is 14.4. The molecule has 0 radical (unpaired) electrons. The molecule has 170 valence electrons. The van der Waals surface area contributed by atoms with E-state index in [-0.39, 0.29) is 5.97 Å². The number of rotatable bonds is 16. The van der Waals surface area contributed by atoms with Crippen molar-refractivity contribution in [3.63, 3.8) is 0 Å². The molecule has 3 nitrogen and oxygen atoms in total. The van der Waals surface area contributed by atoms with Crippen molar-refractivity contribution in [2.75, 3.05) is 40.0 Å². The largest absolute Gasteiger partial charge is 0.460 e. The monoisotopic (exact) mass is 470 g/mol. The summed E-state index contributed by atoms with van der Waals surface area (Å²) in [6.07, 6.45) is 10.3. The Morgan fingerprint density at radius 2 is 1.50 bits per heavy atom. The summed E-state index contributed by atoms with van der Waals surface area (Å²) >= 11 is 9.07. The number of nitrogens with zero attached hydrogens (tertiary/aromatic N) is 1. The van der Waals surface area contributed by atoms with E-state index in [0.717, 1.165) is 38.9 Å². The number of carbonyl (C=O) groups is 1. The average molecular weight is 471 g/mol. The molecule has 6 heteroatoms. The fourth-order valence-electron chi connectivity index (χ4n) is 2.85. The molecule has 0 spiro atoms. The fourth-order valence-corrected chi connectivity index (χ4v) is 5.03. The molecule has 1 aromatic carbocycles. The molecule has 0 saturated carbocycles. The average Bonchev–Trinajstić information content (AvgIpc) is 2.70. The molecule has 1 aromatic rings. The van der Waals surface area contributed by atoms with Gasteiger partial charge in [0.15, 0.2) is 0 Å². The molecule has 0 heterocycles. The summed E-state index contributed by atoms with van der Waals surface area (Å²) in [5, 5.41) is 0. The third kappa shape index (κ3) is 17.2. The van der Waals surface area contributed by atoms with Crippen molar-refractivity contribution >= 4 is 45.2 Å². The van der Waals surface area contributed by atoms with Crippen molar-refractivity contribution in [2.45, 2.75) is 63.5 Å². The molecule has 0 amide bonds. The van der Waals surface area contributed by atoms with Gasteiger partial charge in [0, 0.05) is 12.2 Å². The van der Waals surface area contributed by atoms with E-state index in [0.29, 0.717) is 13.0 Å². The number of thiocarbonyl (C=S) groups is 1. The number of hydrogen-bond acceptors (Lipinski definition) is 5. The van der Waals surface area contributed by atoms with Crippen LogP contribution in [-0.2, 0) is 15.3 Å². The molecule has 0 unspecified atom stereocenters. The highest BCUT2D eigenvalue weighted by Gasteiger charge is 2.09. The Balaban J connectivity index is 1.83. The number of thioether (sulfide) groups is 2. The zero-order valence-corrected chi connectivity index (χ0v) is 21.5. The van der Waals surface area contributed by atoms with Gasteiger partial charge in [-0.25, -0.2) is 0 Å². The summed E-state index contributed by atoms with van der Waals surface area (Å²) in [6.45, 7) is 1.39. The smallest absolute Gasteiger partial charge is 0.305 e. The minimum atomic E-state index is -0.0409. The van der Waals surface area contributed by atoms with Crippen molar-refractivity contribution in [3.05, 3.63) is 35.9 Å². The van der Waals surface area contributed by atoms with Gasteiger partial charge in [0.2, 0.25) is 0 Å². The van der Waals surface area contributed by atoms with Crippen LogP contribution in [0.2, 0.25) is 0 Å². The summed E-state index contributed by atoms with van der Waals surface area (Å²) in [5.41, 5.74) is 1.34. The fraction of sp³-hybridized carbons (Fsp3) is 0.667. The highest BCUT2D eigenvalue weighted by atomic mass is 32.2. The SMILES string of the molecule is C[N+](C)(C)CCOC(=O)CCCCCCCCCCSC(=S)SCc1ccccc1. The molecular formula is C24H40NO2S3+. The van der Waals surface area contributed by atoms with Gasteiger partial charge in [-0.05, 0) is 24.2 Å². The van der Waals surface area contributed by atoms with Crippen molar-refractivity contribution in [1.29, 1.82) is 0 Å². The van der Waals surface area contributed by atoms with Gasteiger partial charge in [0.05, 0.1) is 21.1 Å². The molecule has 0 atom stereocenters. The van der Waals surface area contributed by atoms with Crippen molar-refractivity contribution in [1.82, 2.24) is 0 Å². The molecule has 0 saturated heterocycles. The van der Waals surface area contributed by atoms with Crippen LogP contribution in [-0.4, -0.2) is 54.0 Å². The van der Waals surface area contributed by atoms with Gasteiger partial charge >= 0.3 is 5.97 Å². The van der Waals surface area contributed by atoms with Crippen LogP contribution >= 0.6 is 35.7 Å². The van der Waals surface area contributed by atoms with Crippen LogP contribution in [0.1, 0.15) is 63.4 Å². The molecule has 30 heavy (non-hydrogen) atoms. The summed E-state index contributed by atoms with van der Waals surface area (Å²) < 4.78 is 7.18. The van der Waals surface area contributed by atoms with Crippen LogP contribution in [0.3, 0.4) is 0 Å². The highest BCUT2D eigenvalue weighted by Crippen LogP contribution is 2.23. The quantitative estimate of drug-likeness (QED) is 0.116. The van der Waals surface area contributed by atoms with Crippen LogP contribution in [0.4, 0.5) is 0 Å². The van der Waals surface area contributed by atoms with Gasteiger partial charge < -0.3 is 9.22 Å². The van der Waals surface area contributed by atoms with E-state index in [1.165, 1.54) is 44.1 Å². The number of esters is 1. The van der Waals surface area contributed by atoms with Gasteiger partial charge in [-0.15, -0.1) is 23.5 Å². The van der Waals surface area contributed by atoms with Gasteiger partial charge in [0.25, 0.3) is 0 Å². The second kappa shape index (κ2) is 17.0. The zero-order valence-electron chi connectivity index (χ0n) is 19.1. The van der Waals surface area contributed by atoms with E-state index in [1.807, 2.05) is 17.8 Å². The molecule has 0 aliphatic carbocycles. The van der Waals surface area contributed by atoms with Crippen molar-refractivity contribution in [2.24, 2.45) is 0 Å². The summed E-state index contributed by atoms with van der Waals surface area (Å²) in [5.74, 6) is 2.07. The second-order valence-corrected chi connectivity index (χ2v) is 12.0. The lowest BCUT2D eigenvalue weighted by molar-refractivity contribution is -0.870. The lowest BCUT2D eigenvalue weighted by atomic mass is 10.1. The van der Waals surface area contributed by atoms with E-state index >= 15 is 0 Å². The van der Waals surface area contributed by atoms with Crippen molar-refractivity contribution < 1.29 is 14.0 Å². The predicted octanol–water partition coefficient (Wildman–Crippen LogP) is 6.70. The molecule has 0 aliphatic rings. The third-order valence-corrected chi connectivity index (χ3v) is 7.58. The molecule has 0 bridgehead atoms. The van der Waals surface area contributed by atoms with E-state index < -0.39 is 0 Å². The Morgan fingerprint density at radius 1 is 0.900 bits per heavy atom. The van der Waals surface area contributed by atoms with E-state index in [4.69, 9.17) is 17.0 Å². The predicted molar refractivity (Wildman–Crippen MR) is 138 cm³/mol. The van der Waals surface area contributed by atoms with E-state index in [9.17, 15) is 4.79 Å². The topological polar surface area (TPSA) is 26.3 Å². The van der Waals surface area contributed by atoms with Gasteiger partial charge in [0.1, 0.15) is 16.7 Å². The van der Waals surface area contributed by atoms with Crippen LogP contribution in [0.5, 0.6) is 0 Å². The molecular weight excluding hydrogens is 430 g/mol. The Morgan fingerprint density at radius 3 is 2.13 bits per heavy atom. The molecule has 1 rings (SSSR count). The molecule has 0 fully saturated rings. The minimum absolute atomic E-state index is 0.0409. The van der Waals surface area contributed by atoms with Crippen LogP contribution in [0.25, 0.3) is 0 Å². The van der Waals surface area contributed by atoms with Crippen molar-refractivity contribution in [3.8, 4) is 0 Å². The number of unbranched alkanes of at least 4 members (excludes halogenated alkanes) is 7. The number of hydrogen-bond donors (Lipinski definition) is 0. The molecule has 0 N–H and O–H groups in total. The summed E-state index contributed by atoms with van der Waals surface area (Å²) in [7, 11) is 6.31. The molecule has 0 aromatic heterocycles. The minimum Gasteiger partial charge on any atom is -0.460 e. The van der Waals surface area contributed by atoms with Gasteiger partial charge in [-0.3, -0.25) is 4.79 Å². The Bertz CT molecular complexity index is 588. The van der Waals surface area contributed by atoms with Gasteiger partial charge in [-0.2, -0.15) is 0 Å². The number of ether oxygens (including phenoxy) is 1. The highest BCUT2D eigenvalue weighted by molar-refractivity contribution is 8.46. The first-order valence-electron chi connectivity index (χ1n) is 11.2. The van der Waals surface area contributed by atoms with Crippen LogP contribution < -0.4 is 0 Å². The Hall–Kier alpha value is -0.560. The Labute approximate surface area is 198 Å². The number of carbonyl (C=O) groups excluding carboxylic acids is 1. The summed E-state index contributed by atoms with van der Waals surface area (Å²) in [6, 6.07) is 10.5. The maximum absolute atomic E-state index is 11.7. The second-order valence-electron chi connectivity index (χ2n) is 8.69. The van der Waals surface area contributed by atoms with E-state index in [2.05, 4.69) is 45.4 Å². The number of likely N-dealkylation sites (N-methyl/N-ethyl adjacent to an activating group) is 1.